The first-order valence-electron chi connectivity index (χ1n) is 7.96. The van der Waals surface area contributed by atoms with Gasteiger partial charge in [-0.2, -0.15) is 0 Å². The van der Waals surface area contributed by atoms with E-state index >= 15 is 0 Å². The molecule has 0 amide bonds. The number of aliphatic carboxylic acids is 1. The van der Waals surface area contributed by atoms with Crippen molar-refractivity contribution in [2.24, 2.45) is 5.41 Å². The molecule has 0 radical (unpaired) electrons. The molecule has 3 fully saturated rings. The second kappa shape index (κ2) is 5.54. The molecule has 0 atom stereocenters. The number of carboxylic acid groups (broad SMARTS) is 1. The standard InChI is InChI=1S/C17H24N2O3/c1-12-13(9-18-11-14(12)22-2)10-19-17-6-3-16(4-7-17,5-8-17)15(20)21/h9,11,19H,3-8,10H2,1-2H3,(H,20,21). The van der Waals surface area contributed by atoms with Crippen molar-refractivity contribution in [3.63, 3.8) is 0 Å². The summed E-state index contributed by atoms with van der Waals surface area (Å²) in [6, 6.07) is 0. The molecule has 1 aromatic rings. The van der Waals surface area contributed by atoms with E-state index < -0.39 is 11.4 Å². The first kappa shape index (κ1) is 15.3. The Hall–Kier alpha value is -1.62. The monoisotopic (exact) mass is 304 g/mol. The lowest BCUT2D eigenvalue weighted by Gasteiger charge is -2.51. The number of carbonyl (C=O) groups is 1. The van der Waals surface area contributed by atoms with Crippen molar-refractivity contribution in [1.29, 1.82) is 0 Å². The Labute approximate surface area is 131 Å². The zero-order chi connectivity index (χ0) is 15.8. The van der Waals surface area contributed by atoms with Crippen molar-refractivity contribution in [3.05, 3.63) is 23.5 Å². The Kier molecular flexibility index (Phi) is 3.85. The number of pyridine rings is 1. The van der Waals surface area contributed by atoms with Crippen molar-refractivity contribution in [3.8, 4) is 5.75 Å². The molecule has 0 unspecified atom stereocenters. The van der Waals surface area contributed by atoms with Crippen molar-refractivity contribution in [2.45, 2.75) is 57.5 Å². The fraction of sp³-hybridized carbons (Fsp3) is 0.647. The number of aromatic nitrogens is 1. The van der Waals surface area contributed by atoms with Gasteiger partial charge in [0.2, 0.25) is 0 Å². The van der Waals surface area contributed by atoms with Crippen molar-refractivity contribution >= 4 is 5.97 Å². The molecule has 3 saturated carbocycles. The van der Waals surface area contributed by atoms with Crippen LogP contribution >= 0.6 is 0 Å². The molecule has 0 spiro atoms. The fourth-order valence-corrected chi connectivity index (χ4v) is 3.99. The molecule has 120 valence electrons. The number of nitrogens with one attached hydrogen (secondary N) is 1. The van der Waals surface area contributed by atoms with Gasteiger partial charge in [0.25, 0.3) is 0 Å². The van der Waals surface area contributed by atoms with Gasteiger partial charge in [0, 0.05) is 18.3 Å². The Balaban J connectivity index is 1.67. The normalized spacial score (nSPS) is 30.3. The maximum absolute atomic E-state index is 11.5. The van der Waals surface area contributed by atoms with E-state index in [1.807, 2.05) is 13.1 Å². The zero-order valence-corrected chi connectivity index (χ0v) is 13.3. The smallest absolute Gasteiger partial charge is 0.309 e. The highest BCUT2D eigenvalue weighted by atomic mass is 16.5. The molecule has 2 N–H and O–H groups in total. The first-order valence-corrected chi connectivity index (χ1v) is 7.96. The number of fused-ring (bicyclic) bond motifs is 3. The van der Waals surface area contributed by atoms with Crippen molar-refractivity contribution in [1.82, 2.24) is 10.3 Å². The highest BCUT2D eigenvalue weighted by Crippen LogP contribution is 2.52. The van der Waals surface area contributed by atoms with Gasteiger partial charge in [-0.3, -0.25) is 9.78 Å². The average Bonchev–Trinajstić information content (AvgIpc) is 2.55. The van der Waals surface area contributed by atoms with Gasteiger partial charge >= 0.3 is 5.97 Å². The highest BCUT2D eigenvalue weighted by Gasteiger charge is 2.52. The third-order valence-electron chi connectivity index (χ3n) is 5.85. The third-order valence-corrected chi connectivity index (χ3v) is 5.85. The summed E-state index contributed by atoms with van der Waals surface area (Å²) in [6.07, 6.45) is 8.87. The summed E-state index contributed by atoms with van der Waals surface area (Å²) in [5.41, 5.74) is 1.92. The van der Waals surface area contributed by atoms with E-state index in [4.69, 9.17) is 4.74 Å². The van der Waals surface area contributed by atoms with Crippen LogP contribution in [0.2, 0.25) is 0 Å². The van der Waals surface area contributed by atoms with Gasteiger partial charge in [-0.1, -0.05) is 0 Å². The largest absolute Gasteiger partial charge is 0.495 e. The molecule has 3 aliphatic rings. The van der Waals surface area contributed by atoms with Crippen LogP contribution in [0.25, 0.3) is 0 Å². The summed E-state index contributed by atoms with van der Waals surface area (Å²) in [6.45, 7) is 2.81. The minimum atomic E-state index is -0.603. The predicted molar refractivity (Wildman–Crippen MR) is 82.9 cm³/mol. The molecule has 1 aromatic heterocycles. The number of carboxylic acids is 1. The Bertz CT molecular complexity index is 561. The molecule has 22 heavy (non-hydrogen) atoms. The van der Waals surface area contributed by atoms with Crippen LogP contribution in [0.5, 0.6) is 5.75 Å². The van der Waals surface area contributed by atoms with Crippen LogP contribution in [0.4, 0.5) is 0 Å². The van der Waals surface area contributed by atoms with E-state index in [0.717, 1.165) is 61.9 Å². The maximum atomic E-state index is 11.5. The van der Waals surface area contributed by atoms with Gasteiger partial charge < -0.3 is 15.2 Å². The maximum Gasteiger partial charge on any atom is 0.309 e. The molecule has 0 saturated heterocycles. The minimum absolute atomic E-state index is 0.104. The van der Waals surface area contributed by atoms with Crippen molar-refractivity contribution < 1.29 is 14.6 Å². The van der Waals surface area contributed by atoms with E-state index in [1.165, 1.54) is 0 Å². The Morgan fingerprint density at radius 2 is 1.91 bits per heavy atom. The number of rotatable bonds is 5. The molecule has 5 heteroatoms. The van der Waals surface area contributed by atoms with Crippen LogP contribution in [0, 0.1) is 12.3 Å². The quantitative estimate of drug-likeness (QED) is 0.875. The van der Waals surface area contributed by atoms with E-state index in [-0.39, 0.29) is 5.54 Å². The van der Waals surface area contributed by atoms with Gasteiger partial charge in [0.1, 0.15) is 5.75 Å². The molecular weight excluding hydrogens is 280 g/mol. The van der Waals surface area contributed by atoms with Crippen LogP contribution in [-0.2, 0) is 11.3 Å². The van der Waals surface area contributed by atoms with Gasteiger partial charge in [-0.05, 0) is 56.6 Å². The molecule has 2 bridgehead atoms. The topological polar surface area (TPSA) is 71.5 Å². The lowest BCUT2D eigenvalue weighted by molar-refractivity contribution is -0.156. The Morgan fingerprint density at radius 1 is 1.27 bits per heavy atom. The molecule has 0 aromatic carbocycles. The van der Waals surface area contributed by atoms with Gasteiger partial charge in [-0.25, -0.2) is 0 Å². The number of hydrogen-bond donors (Lipinski definition) is 2. The molecule has 5 nitrogen and oxygen atoms in total. The van der Waals surface area contributed by atoms with Crippen molar-refractivity contribution in [2.75, 3.05) is 7.11 Å². The molecule has 1 heterocycles. The lowest BCUT2D eigenvalue weighted by atomic mass is 9.57. The second-order valence-corrected chi connectivity index (χ2v) is 6.85. The van der Waals surface area contributed by atoms with Crippen LogP contribution in [0.1, 0.15) is 49.7 Å². The summed E-state index contributed by atoms with van der Waals surface area (Å²) in [7, 11) is 1.66. The number of ether oxygens (including phenoxy) is 1. The van der Waals surface area contributed by atoms with E-state index in [0.29, 0.717) is 0 Å². The summed E-state index contributed by atoms with van der Waals surface area (Å²) in [5, 5.41) is 13.2. The summed E-state index contributed by atoms with van der Waals surface area (Å²) in [4.78, 5) is 15.7. The highest BCUT2D eigenvalue weighted by molar-refractivity contribution is 5.75. The average molecular weight is 304 g/mol. The predicted octanol–water partition coefficient (Wildman–Crippen LogP) is 2.67. The molecule has 3 aliphatic carbocycles. The first-order chi connectivity index (χ1) is 10.5. The second-order valence-electron chi connectivity index (χ2n) is 6.85. The number of methoxy groups -OCH3 is 1. The molecular formula is C17H24N2O3. The number of nitrogens with zero attached hydrogens (tertiary/aromatic N) is 1. The van der Waals surface area contributed by atoms with E-state index in [1.54, 1.807) is 13.3 Å². The SMILES string of the molecule is COc1cncc(CNC23CCC(C(=O)O)(CC2)CC3)c1C. The Morgan fingerprint density at radius 3 is 2.45 bits per heavy atom. The van der Waals surface area contributed by atoms with Crippen LogP contribution in [0.3, 0.4) is 0 Å². The summed E-state index contributed by atoms with van der Waals surface area (Å²) < 4.78 is 5.32. The minimum Gasteiger partial charge on any atom is -0.495 e. The summed E-state index contributed by atoms with van der Waals surface area (Å²) in [5.74, 6) is 0.211. The van der Waals surface area contributed by atoms with Gasteiger partial charge in [-0.15, -0.1) is 0 Å². The van der Waals surface area contributed by atoms with Crippen LogP contribution in [0.15, 0.2) is 12.4 Å². The van der Waals surface area contributed by atoms with Crippen LogP contribution in [-0.4, -0.2) is 28.7 Å². The number of hydrogen-bond acceptors (Lipinski definition) is 4. The molecule has 0 aliphatic heterocycles. The van der Waals surface area contributed by atoms with Gasteiger partial charge in [0.05, 0.1) is 18.7 Å². The van der Waals surface area contributed by atoms with Gasteiger partial charge in [0.15, 0.2) is 0 Å². The zero-order valence-electron chi connectivity index (χ0n) is 13.3. The van der Waals surface area contributed by atoms with E-state index in [2.05, 4.69) is 10.3 Å². The lowest BCUT2D eigenvalue weighted by Crippen LogP contribution is -2.56. The third kappa shape index (κ3) is 2.47. The van der Waals surface area contributed by atoms with E-state index in [9.17, 15) is 9.90 Å². The van der Waals surface area contributed by atoms with Crippen LogP contribution < -0.4 is 10.1 Å². The summed E-state index contributed by atoms with van der Waals surface area (Å²) >= 11 is 0. The molecule has 4 rings (SSSR count). The fourth-order valence-electron chi connectivity index (χ4n) is 3.99.